The van der Waals surface area contributed by atoms with Crippen molar-refractivity contribution in [2.75, 3.05) is 6.54 Å². The number of hydrogen-bond donors (Lipinski definition) is 0. The molecule has 0 unspecified atom stereocenters. The maximum Gasteiger partial charge on any atom is 0.257 e. The SMILES string of the molecule is O=C(c1cnn2c1CCC2)N1CCn2c(nnc2-c2ccccc2)C1. The number of rotatable bonds is 2. The van der Waals surface area contributed by atoms with Crippen LogP contribution in [0.25, 0.3) is 11.4 Å². The van der Waals surface area contributed by atoms with Crippen LogP contribution in [0.1, 0.15) is 28.3 Å². The summed E-state index contributed by atoms with van der Waals surface area (Å²) < 4.78 is 4.06. The first-order valence-corrected chi connectivity index (χ1v) is 8.63. The Hall–Kier alpha value is -2.96. The number of benzene rings is 1. The Labute approximate surface area is 144 Å². The van der Waals surface area contributed by atoms with Gasteiger partial charge in [0.05, 0.1) is 24.0 Å². The van der Waals surface area contributed by atoms with Crippen molar-refractivity contribution >= 4 is 5.91 Å². The van der Waals surface area contributed by atoms with Crippen molar-refractivity contribution in [3.63, 3.8) is 0 Å². The molecule has 0 aliphatic carbocycles. The molecule has 0 saturated heterocycles. The number of aryl methyl sites for hydroxylation is 1. The highest BCUT2D eigenvalue weighted by Gasteiger charge is 2.29. The number of hydrogen-bond acceptors (Lipinski definition) is 4. The average Bonchev–Trinajstić information content (AvgIpc) is 3.36. The molecule has 0 N–H and O–H groups in total. The fourth-order valence-corrected chi connectivity index (χ4v) is 3.74. The molecule has 5 rings (SSSR count). The zero-order valence-corrected chi connectivity index (χ0v) is 13.8. The monoisotopic (exact) mass is 334 g/mol. The Morgan fingerprint density at radius 2 is 1.92 bits per heavy atom. The highest BCUT2D eigenvalue weighted by atomic mass is 16.2. The van der Waals surface area contributed by atoms with Crippen LogP contribution in [0, 0.1) is 0 Å². The molecule has 7 nitrogen and oxygen atoms in total. The van der Waals surface area contributed by atoms with E-state index in [0.717, 1.165) is 47.9 Å². The molecule has 7 heteroatoms. The maximum absolute atomic E-state index is 12.9. The van der Waals surface area contributed by atoms with Gasteiger partial charge in [-0.2, -0.15) is 5.10 Å². The molecular weight excluding hydrogens is 316 g/mol. The van der Waals surface area contributed by atoms with Crippen LogP contribution in [0.5, 0.6) is 0 Å². The third-order valence-corrected chi connectivity index (χ3v) is 5.03. The van der Waals surface area contributed by atoms with Crippen molar-refractivity contribution in [3.05, 3.63) is 53.6 Å². The van der Waals surface area contributed by atoms with Gasteiger partial charge < -0.3 is 9.47 Å². The lowest BCUT2D eigenvalue weighted by Crippen LogP contribution is -2.38. The summed E-state index contributed by atoms with van der Waals surface area (Å²) in [5, 5.41) is 13.0. The molecule has 3 aromatic rings. The summed E-state index contributed by atoms with van der Waals surface area (Å²) in [5.41, 5.74) is 2.87. The summed E-state index contributed by atoms with van der Waals surface area (Å²) in [5.74, 6) is 1.76. The van der Waals surface area contributed by atoms with E-state index in [0.29, 0.717) is 19.6 Å². The third-order valence-electron chi connectivity index (χ3n) is 5.03. The van der Waals surface area contributed by atoms with E-state index in [1.807, 2.05) is 39.9 Å². The molecule has 126 valence electrons. The van der Waals surface area contributed by atoms with E-state index >= 15 is 0 Å². The van der Waals surface area contributed by atoms with E-state index in [4.69, 9.17) is 0 Å². The summed E-state index contributed by atoms with van der Waals surface area (Å²) in [6.45, 7) is 2.77. The Balaban J connectivity index is 1.42. The largest absolute Gasteiger partial charge is 0.329 e. The molecule has 0 spiro atoms. The van der Waals surface area contributed by atoms with Gasteiger partial charge >= 0.3 is 0 Å². The van der Waals surface area contributed by atoms with Crippen molar-refractivity contribution in [1.29, 1.82) is 0 Å². The molecule has 1 amide bonds. The van der Waals surface area contributed by atoms with E-state index in [1.165, 1.54) is 0 Å². The van der Waals surface area contributed by atoms with Gasteiger partial charge in [-0.1, -0.05) is 30.3 Å². The van der Waals surface area contributed by atoms with E-state index in [-0.39, 0.29) is 5.91 Å². The molecule has 2 aromatic heterocycles. The van der Waals surface area contributed by atoms with E-state index < -0.39 is 0 Å². The van der Waals surface area contributed by atoms with E-state index in [2.05, 4.69) is 19.9 Å². The number of amides is 1. The minimum absolute atomic E-state index is 0.0543. The summed E-state index contributed by atoms with van der Waals surface area (Å²) in [7, 11) is 0. The van der Waals surface area contributed by atoms with Crippen LogP contribution in [0.3, 0.4) is 0 Å². The fourth-order valence-electron chi connectivity index (χ4n) is 3.74. The smallest absolute Gasteiger partial charge is 0.257 e. The second kappa shape index (κ2) is 5.54. The third kappa shape index (κ3) is 2.26. The molecule has 2 aliphatic rings. The van der Waals surface area contributed by atoms with Gasteiger partial charge in [-0.25, -0.2) is 0 Å². The van der Waals surface area contributed by atoms with Gasteiger partial charge in [-0.3, -0.25) is 9.48 Å². The van der Waals surface area contributed by atoms with Gasteiger partial charge in [0.2, 0.25) is 0 Å². The normalized spacial score (nSPS) is 15.9. The zero-order chi connectivity index (χ0) is 16.8. The molecular formula is C18H18N6O. The Morgan fingerprint density at radius 1 is 1.04 bits per heavy atom. The summed E-state index contributed by atoms with van der Waals surface area (Å²) in [6, 6.07) is 10.0. The summed E-state index contributed by atoms with van der Waals surface area (Å²) >= 11 is 0. The summed E-state index contributed by atoms with van der Waals surface area (Å²) in [4.78, 5) is 14.8. The van der Waals surface area contributed by atoms with Gasteiger partial charge in [-0.05, 0) is 12.8 Å². The zero-order valence-electron chi connectivity index (χ0n) is 13.8. The van der Waals surface area contributed by atoms with E-state index in [1.54, 1.807) is 6.20 Å². The first-order valence-electron chi connectivity index (χ1n) is 8.63. The Morgan fingerprint density at radius 3 is 2.80 bits per heavy atom. The molecule has 0 radical (unpaired) electrons. The highest BCUT2D eigenvalue weighted by molar-refractivity contribution is 5.95. The molecule has 0 bridgehead atoms. The molecule has 1 aromatic carbocycles. The van der Waals surface area contributed by atoms with Crippen LogP contribution in [-0.2, 0) is 26.1 Å². The topological polar surface area (TPSA) is 68.8 Å². The van der Waals surface area contributed by atoms with Gasteiger partial charge in [0.25, 0.3) is 5.91 Å². The minimum Gasteiger partial charge on any atom is -0.329 e. The Bertz CT molecular complexity index is 942. The van der Waals surface area contributed by atoms with Crippen LogP contribution in [0.4, 0.5) is 0 Å². The van der Waals surface area contributed by atoms with Crippen molar-refractivity contribution < 1.29 is 4.79 Å². The molecule has 0 atom stereocenters. The van der Waals surface area contributed by atoms with Crippen LogP contribution >= 0.6 is 0 Å². The lowest BCUT2D eigenvalue weighted by Gasteiger charge is -2.27. The van der Waals surface area contributed by atoms with Crippen LogP contribution < -0.4 is 0 Å². The molecule has 2 aliphatic heterocycles. The number of aromatic nitrogens is 5. The number of carbonyl (C=O) groups is 1. The van der Waals surface area contributed by atoms with Gasteiger partial charge in [-0.15, -0.1) is 10.2 Å². The lowest BCUT2D eigenvalue weighted by molar-refractivity contribution is 0.0707. The maximum atomic E-state index is 12.9. The van der Waals surface area contributed by atoms with Gasteiger partial charge in [0.15, 0.2) is 11.6 Å². The number of fused-ring (bicyclic) bond motifs is 2. The number of carbonyl (C=O) groups excluding carboxylic acids is 1. The van der Waals surface area contributed by atoms with Crippen molar-refractivity contribution in [2.24, 2.45) is 0 Å². The van der Waals surface area contributed by atoms with Crippen molar-refractivity contribution in [1.82, 2.24) is 29.4 Å². The van der Waals surface area contributed by atoms with Crippen molar-refractivity contribution in [2.45, 2.75) is 32.5 Å². The number of nitrogens with zero attached hydrogens (tertiary/aromatic N) is 6. The first kappa shape index (κ1) is 14.4. The molecule has 4 heterocycles. The highest BCUT2D eigenvalue weighted by Crippen LogP contribution is 2.24. The minimum atomic E-state index is 0.0543. The van der Waals surface area contributed by atoms with Gasteiger partial charge in [0, 0.05) is 25.2 Å². The average molecular weight is 334 g/mol. The van der Waals surface area contributed by atoms with Crippen molar-refractivity contribution in [3.8, 4) is 11.4 Å². The predicted molar refractivity (Wildman–Crippen MR) is 90.7 cm³/mol. The molecule has 0 saturated carbocycles. The second-order valence-electron chi connectivity index (χ2n) is 6.52. The fraction of sp³-hybridized carbons (Fsp3) is 0.333. The quantitative estimate of drug-likeness (QED) is 0.716. The second-order valence-corrected chi connectivity index (χ2v) is 6.52. The van der Waals surface area contributed by atoms with Gasteiger partial charge in [0.1, 0.15) is 0 Å². The first-order chi connectivity index (χ1) is 12.3. The molecule has 25 heavy (non-hydrogen) atoms. The standard InChI is InChI=1S/C18H18N6O/c25-18(14-11-19-24-8-4-7-15(14)24)22-9-10-23-16(12-22)20-21-17(23)13-5-2-1-3-6-13/h1-3,5-6,11H,4,7-10,12H2. The van der Waals surface area contributed by atoms with Crippen LogP contribution in [0.2, 0.25) is 0 Å². The predicted octanol–water partition coefficient (Wildman–Crippen LogP) is 1.74. The lowest BCUT2D eigenvalue weighted by atomic mass is 10.1. The van der Waals surface area contributed by atoms with Crippen LogP contribution in [0.15, 0.2) is 36.5 Å². The Kier molecular flexibility index (Phi) is 3.19. The summed E-state index contributed by atoms with van der Waals surface area (Å²) in [6.07, 6.45) is 3.72. The van der Waals surface area contributed by atoms with Crippen LogP contribution in [-0.4, -0.2) is 41.9 Å². The molecule has 0 fully saturated rings. The van der Waals surface area contributed by atoms with E-state index in [9.17, 15) is 4.79 Å².